The van der Waals surface area contributed by atoms with Crippen molar-refractivity contribution in [3.05, 3.63) is 146 Å². The van der Waals surface area contributed by atoms with Crippen LogP contribution in [0.25, 0.3) is 0 Å². The summed E-state index contributed by atoms with van der Waals surface area (Å²) in [5, 5.41) is 0. The number of carbonyl (C=O) groups is 2. The van der Waals surface area contributed by atoms with Crippen molar-refractivity contribution in [2.24, 2.45) is 0 Å². The Morgan fingerprint density at radius 1 is 0.369 bits per heavy atom. The predicted octanol–water partition coefficient (Wildman–Crippen LogP) is 21.8. The fraction of sp³-hybridized carbons (Fsp3) is 0.649. The number of esters is 2. The maximum Gasteiger partial charge on any atom is 0.472 e. The zero-order valence-corrected chi connectivity index (χ0v) is 55.2. The summed E-state index contributed by atoms with van der Waals surface area (Å²) in [5.41, 5.74) is 0. The van der Waals surface area contributed by atoms with Gasteiger partial charge in [0, 0.05) is 12.8 Å². The number of quaternary nitrogens is 1. The smallest absolute Gasteiger partial charge is 0.462 e. The van der Waals surface area contributed by atoms with E-state index in [1.165, 1.54) is 89.9 Å². The molecule has 0 saturated heterocycles. The van der Waals surface area contributed by atoms with Crippen LogP contribution in [0.5, 0.6) is 0 Å². The summed E-state index contributed by atoms with van der Waals surface area (Å²) in [6.07, 6.45) is 93.7. The molecule has 0 heterocycles. The van der Waals surface area contributed by atoms with Crippen LogP contribution >= 0.6 is 7.82 Å². The van der Waals surface area contributed by atoms with Gasteiger partial charge in [-0.25, -0.2) is 4.57 Å². The molecule has 84 heavy (non-hydrogen) atoms. The third kappa shape index (κ3) is 67.0. The highest BCUT2D eigenvalue weighted by atomic mass is 31.2. The summed E-state index contributed by atoms with van der Waals surface area (Å²) >= 11 is 0. The molecule has 0 rings (SSSR count). The molecule has 0 radical (unpaired) electrons. The van der Waals surface area contributed by atoms with Gasteiger partial charge in [0.15, 0.2) is 6.10 Å². The van der Waals surface area contributed by atoms with Gasteiger partial charge in [-0.1, -0.05) is 275 Å². The highest BCUT2D eigenvalue weighted by molar-refractivity contribution is 7.47. The van der Waals surface area contributed by atoms with Crippen LogP contribution in [-0.2, 0) is 32.7 Å². The lowest BCUT2D eigenvalue weighted by molar-refractivity contribution is -0.870. The van der Waals surface area contributed by atoms with Crippen molar-refractivity contribution >= 4 is 19.8 Å². The third-order valence-corrected chi connectivity index (χ3v) is 14.8. The van der Waals surface area contributed by atoms with Crippen LogP contribution in [0.4, 0.5) is 0 Å². The van der Waals surface area contributed by atoms with E-state index in [-0.39, 0.29) is 32.0 Å². The van der Waals surface area contributed by atoms with Crippen molar-refractivity contribution in [1.82, 2.24) is 0 Å². The van der Waals surface area contributed by atoms with Crippen LogP contribution in [0, 0.1) is 0 Å². The maximum atomic E-state index is 12.9. The Morgan fingerprint density at radius 3 is 0.952 bits per heavy atom. The van der Waals surface area contributed by atoms with Crippen LogP contribution in [0.1, 0.15) is 258 Å². The van der Waals surface area contributed by atoms with Crippen LogP contribution in [0.3, 0.4) is 0 Å². The average Bonchev–Trinajstić information content (AvgIpc) is 3.61. The molecular weight excluding hydrogens is 1060 g/mol. The Kier molecular flexibility index (Phi) is 60.3. The van der Waals surface area contributed by atoms with Crippen LogP contribution in [-0.4, -0.2) is 74.9 Å². The molecule has 2 unspecified atom stereocenters. The van der Waals surface area contributed by atoms with Crippen molar-refractivity contribution < 1.29 is 42.1 Å². The van der Waals surface area contributed by atoms with Crippen molar-refractivity contribution in [3.8, 4) is 0 Å². The highest BCUT2D eigenvalue weighted by Crippen LogP contribution is 2.43. The molecule has 0 aromatic heterocycles. The first-order chi connectivity index (χ1) is 41.0. The molecular formula is C74H125NO8P+. The molecule has 0 aromatic rings. The monoisotopic (exact) mass is 1190 g/mol. The van der Waals surface area contributed by atoms with Gasteiger partial charge in [0.05, 0.1) is 27.7 Å². The van der Waals surface area contributed by atoms with Crippen molar-refractivity contribution in [3.63, 3.8) is 0 Å². The molecule has 1 N–H and O–H groups in total. The van der Waals surface area contributed by atoms with E-state index in [9.17, 15) is 19.0 Å². The minimum atomic E-state index is -4.40. The van der Waals surface area contributed by atoms with Crippen LogP contribution < -0.4 is 0 Å². The first-order valence-corrected chi connectivity index (χ1v) is 35.1. The number of nitrogens with zero attached hydrogens (tertiary/aromatic N) is 1. The van der Waals surface area contributed by atoms with Gasteiger partial charge in [-0.2, -0.15) is 0 Å². The van der Waals surface area contributed by atoms with Gasteiger partial charge in [-0.15, -0.1) is 0 Å². The van der Waals surface area contributed by atoms with E-state index < -0.39 is 26.5 Å². The van der Waals surface area contributed by atoms with E-state index >= 15 is 0 Å². The molecule has 0 fully saturated rings. The van der Waals surface area contributed by atoms with Gasteiger partial charge in [-0.3, -0.25) is 18.6 Å². The molecule has 0 saturated carbocycles. The summed E-state index contributed by atoms with van der Waals surface area (Å²) in [4.78, 5) is 35.8. The summed E-state index contributed by atoms with van der Waals surface area (Å²) in [7, 11) is 1.45. The van der Waals surface area contributed by atoms with Crippen molar-refractivity contribution in [2.75, 3.05) is 47.5 Å². The fourth-order valence-electron chi connectivity index (χ4n) is 8.79. The lowest BCUT2D eigenvalue weighted by Gasteiger charge is -2.24. The van der Waals surface area contributed by atoms with Crippen LogP contribution in [0.15, 0.2) is 146 Å². The van der Waals surface area contributed by atoms with Gasteiger partial charge >= 0.3 is 19.8 Å². The van der Waals surface area contributed by atoms with E-state index in [0.29, 0.717) is 23.9 Å². The number of phosphoric acid groups is 1. The number of likely N-dealkylation sites (N-methyl/N-ethyl adjacent to an activating group) is 1. The van der Waals surface area contributed by atoms with Gasteiger partial charge in [0.1, 0.15) is 19.8 Å². The SMILES string of the molecule is CC/C=C\C/C=C\C/C=C\C/C=C\C/C=C\C/C=C\C/C=C\CCCCCCCCCCCCCCCCCCCC(=O)OC(COC(=O)CCCCCCC/C=C\C/C=C\C/C=C\C/C=C\C/C=C\CC)COP(=O)(O)OCC[N+](C)(C)C. The average molecular weight is 1190 g/mol. The standard InChI is InChI=1S/C74H124NO8P/c1-6-8-10-12-14-16-18-20-22-24-26-28-29-30-31-32-33-34-35-36-37-38-39-40-41-42-43-44-45-47-49-51-53-55-57-59-61-63-65-67-74(77)83-72(71-82-84(78,79)81-69-68-75(3,4)5)70-80-73(76)66-64-62-60-58-56-54-52-50-48-46-27-25-23-21-19-17-15-13-11-9-7-2/h8-11,14-17,20-23,26-28,30-31,33-34,36-37,46,50,52,72H,6-7,12-13,18-19,24-25,29,32,35,38-45,47-49,51,53-71H2,1-5H3/p+1/b10-8-,11-9-,16-14-,17-15-,22-20-,23-21-,28-26-,31-30-,34-33-,37-36-,46-27-,52-50-. The Bertz CT molecular complexity index is 1930. The fourth-order valence-corrected chi connectivity index (χ4v) is 9.53. The summed E-state index contributed by atoms with van der Waals surface area (Å²) in [6, 6.07) is 0. The first-order valence-electron chi connectivity index (χ1n) is 33.6. The van der Waals surface area contributed by atoms with E-state index in [4.69, 9.17) is 18.5 Å². The first kappa shape index (κ1) is 79.9. The third-order valence-electron chi connectivity index (χ3n) is 13.9. The lowest BCUT2D eigenvalue weighted by atomic mass is 10.0. The van der Waals surface area contributed by atoms with Crippen LogP contribution in [0.2, 0.25) is 0 Å². The van der Waals surface area contributed by atoms with E-state index in [1.54, 1.807) is 0 Å². The molecule has 478 valence electrons. The summed E-state index contributed by atoms with van der Waals surface area (Å²) in [6.45, 7) is 4.18. The molecule has 0 aliphatic carbocycles. The second kappa shape index (κ2) is 63.4. The quantitative estimate of drug-likeness (QED) is 0.0211. The maximum absolute atomic E-state index is 12.9. The van der Waals surface area contributed by atoms with E-state index in [2.05, 4.69) is 160 Å². The number of hydrogen-bond acceptors (Lipinski definition) is 7. The van der Waals surface area contributed by atoms with Gasteiger partial charge < -0.3 is 18.9 Å². The highest BCUT2D eigenvalue weighted by Gasteiger charge is 2.27. The number of carbonyl (C=O) groups excluding carboxylic acids is 2. The number of hydrogen-bond donors (Lipinski definition) is 1. The normalized spacial score (nSPS) is 14.1. The molecule has 0 spiro atoms. The summed E-state index contributed by atoms with van der Waals surface area (Å²) in [5.74, 6) is -0.822. The second-order valence-electron chi connectivity index (χ2n) is 23.1. The number of phosphoric ester groups is 1. The Morgan fingerprint density at radius 2 is 0.643 bits per heavy atom. The largest absolute Gasteiger partial charge is 0.472 e. The Hall–Kier alpha value is -4.11. The zero-order valence-electron chi connectivity index (χ0n) is 54.3. The van der Waals surface area contributed by atoms with E-state index in [0.717, 1.165) is 128 Å². The van der Waals surface area contributed by atoms with Crippen molar-refractivity contribution in [1.29, 1.82) is 0 Å². The number of allylic oxidation sites excluding steroid dienone is 24. The predicted molar refractivity (Wildman–Crippen MR) is 362 cm³/mol. The van der Waals surface area contributed by atoms with Gasteiger partial charge in [-0.05, 0) is 116 Å². The van der Waals surface area contributed by atoms with Gasteiger partial charge in [0.25, 0.3) is 0 Å². The van der Waals surface area contributed by atoms with Gasteiger partial charge in [0.2, 0.25) is 0 Å². The molecule has 10 heteroatoms. The molecule has 9 nitrogen and oxygen atoms in total. The Labute approximate surface area is 516 Å². The molecule has 2 atom stereocenters. The topological polar surface area (TPSA) is 108 Å². The van der Waals surface area contributed by atoms with E-state index in [1.807, 2.05) is 21.1 Å². The zero-order chi connectivity index (χ0) is 61.2. The number of ether oxygens (including phenoxy) is 2. The summed E-state index contributed by atoms with van der Waals surface area (Å²) < 4.78 is 34.6. The Balaban J connectivity index is 4.06. The molecule has 0 amide bonds. The minimum Gasteiger partial charge on any atom is -0.462 e. The lowest BCUT2D eigenvalue weighted by Crippen LogP contribution is -2.37. The number of unbranched alkanes of at least 4 members (excludes halogenated alkanes) is 22. The molecule has 0 aliphatic heterocycles. The second-order valence-corrected chi connectivity index (χ2v) is 24.5. The molecule has 0 bridgehead atoms. The number of rotatable bonds is 60. The van der Waals surface area contributed by atoms with Crippen molar-refractivity contribution in [2.45, 2.75) is 264 Å². The minimum absolute atomic E-state index is 0.0223. The molecule has 0 aromatic carbocycles. The molecule has 0 aliphatic rings.